The number of halogens is 2. The standard InChI is InChI=1S/C11H10F2O2/c1-2-10(15)7-3-4-8(6-14)9(5-7)11(12)13/h3-6,11H,2H2,1H3. The van der Waals surface area contributed by atoms with Crippen LogP contribution in [-0.2, 0) is 0 Å². The minimum atomic E-state index is -2.74. The molecule has 0 N–H and O–H groups in total. The van der Waals surface area contributed by atoms with Crippen molar-refractivity contribution in [1.82, 2.24) is 0 Å². The van der Waals surface area contributed by atoms with Crippen molar-refractivity contribution in [2.24, 2.45) is 0 Å². The van der Waals surface area contributed by atoms with Crippen molar-refractivity contribution < 1.29 is 18.4 Å². The third-order valence-electron chi connectivity index (χ3n) is 2.09. The fraction of sp³-hybridized carbons (Fsp3) is 0.273. The minimum absolute atomic E-state index is 0.0716. The molecule has 15 heavy (non-hydrogen) atoms. The Kier molecular flexibility index (Phi) is 3.66. The van der Waals surface area contributed by atoms with Gasteiger partial charge in [-0.05, 0) is 6.07 Å². The fourth-order valence-electron chi connectivity index (χ4n) is 1.25. The predicted octanol–water partition coefficient (Wildman–Crippen LogP) is 3.03. The van der Waals surface area contributed by atoms with E-state index in [-0.39, 0.29) is 28.9 Å². The van der Waals surface area contributed by atoms with Crippen LogP contribution in [0.1, 0.15) is 46.0 Å². The summed E-state index contributed by atoms with van der Waals surface area (Å²) in [5.74, 6) is -0.214. The SMILES string of the molecule is CCC(=O)c1ccc(C=O)c(C(F)F)c1. The number of carbonyl (C=O) groups excluding carboxylic acids is 2. The molecule has 0 saturated heterocycles. The Morgan fingerprint density at radius 2 is 2.13 bits per heavy atom. The first-order chi connectivity index (χ1) is 7.10. The second-order valence-corrected chi connectivity index (χ2v) is 3.04. The molecule has 0 bridgehead atoms. The van der Waals surface area contributed by atoms with Crippen LogP contribution >= 0.6 is 0 Å². The Bertz CT molecular complexity index is 386. The van der Waals surface area contributed by atoms with E-state index in [2.05, 4.69) is 0 Å². The molecule has 2 nitrogen and oxygen atoms in total. The van der Waals surface area contributed by atoms with Gasteiger partial charge in [0.05, 0.1) is 0 Å². The summed E-state index contributed by atoms with van der Waals surface area (Å²) in [4.78, 5) is 21.7. The molecule has 0 aliphatic carbocycles. The van der Waals surface area contributed by atoms with Crippen LogP contribution in [0.25, 0.3) is 0 Å². The lowest BCUT2D eigenvalue weighted by atomic mass is 10.0. The lowest BCUT2D eigenvalue weighted by Gasteiger charge is -2.05. The third-order valence-corrected chi connectivity index (χ3v) is 2.09. The van der Waals surface area contributed by atoms with Gasteiger partial charge in [0.15, 0.2) is 12.1 Å². The first kappa shape index (κ1) is 11.5. The normalized spacial score (nSPS) is 10.4. The molecule has 0 unspecified atom stereocenters. The van der Waals surface area contributed by atoms with E-state index in [1.807, 2.05) is 0 Å². The van der Waals surface area contributed by atoms with Crippen LogP contribution in [0.5, 0.6) is 0 Å². The van der Waals surface area contributed by atoms with Crippen molar-refractivity contribution >= 4 is 12.1 Å². The topological polar surface area (TPSA) is 34.1 Å². The van der Waals surface area contributed by atoms with E-state index >= 15 is 0 Å². The molecule has 1 aromatic carbocycles. The number of benzene rings is 1. The van der Waals surface area contributed by atoms with Gasteiger partial charge in [0.1, 0.15) is 0 Å². The zero-order valence-corrected chi connectivity index (χ0v) is 8.17. The number of rotatable bonds is 4. The molecule has 1 rings (SSSR count). The maximum absolute atomic E-state index is 12.5. The molecule has 0 radical (unpaired) electrons. The van der Waals surface area contributed by atoms with Gasteiger partial charge in [-0.2, -0.15) is 0 Å². The van der Waals surface area contributed by atoms with Gasteiger partial charge in [-0.25, -0.2) is 8.78 Å². The van der Waals surface area contributed by atoms with E-state index < -0.39 is 6.43 Å². The molecule has 0 spiro atoms. The second kappa shape index (κ2) is 4.77. The van der Waals surface area contributed by atoms with E-state index in [1.165, 1.54) is 12.1 Å². The molecule has 1 aromatic rings. The van der Waals surface area contributed by atoms with E-state index in [9.17, 15) is 18.4 Å². The molecular formula is C11H10F2O2. The summed E-state index contributed by atoms with van der Waals surface area (Å²) in [7, 11) is 0. The molecule has 0 atom stereocenters. The van der Waals surface area contributed by atoms with Crippen LogP contribution in [-0.4, -0.2) is 12.1 Å². The average Bonchev–Trinajstić information content (AvgIpc) is 2.27. The zero-order valence-electron chi connectivity index (χ0n) is 8.17. The Morgan fingerprint density at radius 1 is 1.47 bits per heavy atom. The van der Waals surface area contributed by atoms with Gasteiger partial charge in [-0.15, -0.1) is 0 Å². The molecule has 0 amide bonds. The minimum Gasteiger partial charge on any atom is -0.298 e. The van der Waals surface area contributed by atoms with E-state index in [1.54, 1.807) is 6.92 Å². The molecule has 80 valence electrons. The first-order valence-electron chi connectivity index (χ1n) is 4.50. The number of alkyl halides is 2. The number of carbonyl (C=O) groups is 2. The molecule has 0 heterocycles. The van der Waals surface area contributed by atoms with Crippen molar-refractivity contribution in [1.29, 1.82) is 0 Å². The number of aldehydes is 1. The summed E-state index contributed by atoms with van der Waals surface area (Å²) in [6.07, 6.45) is -2.13. The summed E-state index contributed by atoms with van der Waals surface area (Å²) in [6.45, 7) is 1.65. The van der Waals surface area contributed by atoms with Gasteiger partial charge in [-0.3, -0.25) is 9.59 Å². The molecule has 0 saturated carbocycles. The van der Waals surface area contributed by atoms with E-state index in [4.69, 9.17) is 0 Å². The van der Waals surface area contributed by atoms with Crippen LogP contribution in [0.2, 0.25) is 0 Å². The van der Waals surface area contributed by atoms with Crippen LogP contribution in [0.15, 0.2) is 18.2 Å². The maximum Gasteiger partial charge on any atom is 0.264 e. The first-order valence-corrected chi connectivity index (χ1v) is 4.50. The Hall–Kier alpha value is -1.58. The van der Waals surface area contributed by atoms with Gasteiger partial charge in [0.2, 0.25) is 0 Å². The third kappa shape index (κ3) is 2.46. The number of Topliss-reactive ketones (excluding diaryl/α,β-unsaturated/α-hetero) is 1. The predicted molar refractivity (Wildman–Crippen MR) is 51.4 cm³/mol. The lowest BCUT2D eigenvalue weighted by molar-refractivity contribution is 0.0986. The summed E-state index contributed by atoms with van der Waals surface area (Å²) < 4.78 is 25.0. The average molecular weight is 212 g/mol. The second-order valence-electron chi connectivity index (χ2n) is 3.04. The highest BCUT2D eigenvalue weighted by atomic mass is 19.3. The number of hydrogen-bond acceptors (Lipinski definition) is 2. The fourth-order valence-corrected chi connectivity index (χ4v) is 1.25. The van der Waals surface area contributed by atoms with Crippen molar-refractivity contribution in [2.45, 2.75) is 19.8 Å². The van der Waals surface area contributed by atoms with Crippen LogP contribution in [0, 0.1) is 0 Å². The molecule has 0 fully saturated rings. The quantitative estimate of drug-likeness (QED) is 0.567. The van der Waals surface area contributed by atoms with Crippen LogP contribution < -0.4 is 0 Å². The van der Waals surface area contributed by atoms with Crippen molar-refractivity contribution in [2.75, 3.05) is 0 Å². The lowest BCUT2D eigenvalue weighted by Crippen LogP contribution is -2.01. The molecule has 0 aliphatic heterocycles. The highest BCUT2D eigenvalue weighted by Gasteiger charge is 2.15. The van der Waals surface area contributed by atoms with Gasteiger partial charge >= 0.3 is 0 Å². The number of ketones is 1. The Labute approximate surface area is 85.9 Å². The molecule has 4 heteroatoms. The Morgan fingerprint density at radius 3 is 2.60 bits per heavy atom. The van der Waals surface area contributed by atoms with Crippen LogP contribution in [0.3, 0.4) is 0 Å². The smallest absolute Gasteiger partial charge is 0.264 e. The van der Waals surface area contributed by atoms with Crippen molar-refractivity contribution in [3.05, 3.63) is 34.9 Å². The van der Waals surface area contributed by atoms with Crippen molar-refractivity contribution in [3.8, 4) is 0 Å². The highest BCUT2D eigenvalue weighted by molar-refractivity contribution is 5.96. The summed E-state index contributed by atoms with van der Waals surface area (Å²) in [6, 6.07) is 3.72. The molecule has 0 aliphatic rings. The van der Waals surface area contributed by atoms with Gasteiger partial charge < -0.3 is 0 Å². The van der Waals surface area contributed by atoms with Crippen LogP contribution in [0.4, 0.5) is 8.78 Å². The largest absolute Gasteiger partial charge is 0.298 e. The van der Waals surface area contributed by atoms with Gasteiger partial charge in [0.25, 0.3) is 6.43 Å². The summed E-state index contributed by atoms with van der Waals surface area (Å²) >= 11 is 0. The van der Waals surface area contributed by atoms with Gasteiger partial charge in [0, 0.05) is 23.1 Å². The Balaban J connectivity index is 3.21. The molecular weight excluding hydrogens is 202 g/mol. The number of hydrogen-bond donors (Lipinski definition) is 0. The monoisotopic (exact) mass is 212 g/mol. The van der Waals surface area contributed by atoms with E-state index in [0.29, 0.717) is 6.29 Å². The zero-order chi connectivity index (χ0) is 11.4. The summed E-state index contributed by atoms with van der Waals surface area (Å²) in [5, 5.41) is 0. The highest BCUT2D eigenvalue weighted by Crippen LogP contribution is 2.23. The summed E-state index contributed by atoms with van der Waals surface area (Å²) in [5.41, 5.74) is -0.236. The van der Waals surface area contributed by atoms with Crippen molar-refractivity contribution in [3.63, 3.8) is 0 Å². The van der Waals surface area contributed by atoms with Gasteiger partial charge in [-0.1, -0.05) is 19.1 Å². The van der Waals surface area contributed by atoms with E-state index in [0.717, 1.165) is 6.07 Å². The maximum atomic E-state index is 12.5. The molecule has 0 aromatic heterocycles.